The molecular formula is C24H20FNO2. The summed E-state index contributed by atoms with van der Waals surface area (Å²) in [6, 6.07) is 22.4. The van der Waals surface area contributed by atoms with E-state index in [0.29, 0.717) is 23.2 Å². The van der Waals surface area contributed by atoms with Crippen LogP contribution in [0.2, 0.25) is 0 Å². The summed E-state index contributed by atoms with van der Waals surface area (Å²) in [7, 11) is 0. The highest BCUT2D eigenvalue weighted by molar-refractivity contribution is 6.09. The molecule has 4 rings (SSSR count). The van der Waals surface area contributed by atoms with Crippen molar-refractivity contribution in [1.82, 2.24) is 4.90 Å². The maximum atomic E-state index is 13.1. The molecule has 1 saturated carbocycles. The standard InChI is InChI=1S/C24H20FNO2/c25-21-12-6-17(7-13-21)16-26(22-14-15-22)24(28)20-10-8-19(9-11-20)23(27)18-4-2-1-3-5-18/h1-13,22H,14-16H2. The van der Waals surface area contributed by atoms with E-state index in [0.717, 1.165) is 18.4 Å². The molecule has 1 amide bonds. The van der Waals surface area contributed by atoms with E-state index in [1.165, 1.54) is 12.1 Å². The Morgan fingerprint density at radius 3 is 1.96 bits per heavy atom. The van der Waals surface area contributed by atoms with Crippen molar-refractivity contribution < 1.29 is 14.0 Å². The third-order valence-electron chi connectivity index (χ3n) is 4.94. The number of benzene rings is 3. The molecule has 1 aliphatic carbocycles. The molecule has 0 N–H and O–H groups in total. The van der Waals surface area contributed by atoms with Crippen molar-refractivity contribution in [3.8, 4) is 0 Å². The van der Waals surface area contributed by atoms with Gasteiger partial charge in [-0.25, -0.2) is 4.39 Å². The van der Waals surface area contributed by atoms with Gasteiger partial charge in [0.25, 0.3) is 5.91 Å². The summed E-state index contributed by atoms with van der Waals surface area (Å²) in [5.74, 6) is -0.415. The summed E-state index contributed by atoms with van der Waals surface area (Å²) in [6.45, 7) is 0.453. The number of hydrogen-bond acceptors (Lipinski definition) is 2. The normalized spacial score (nSPS) is 13.2. The highest BCUT2D eigenvalue weighted by Gasteiger charge is 2.33. The first kappa shape index (κ1) is 18.1. The first-order valence-corrected chi connectivity index (χ1v) is 9.37. The summed E-state index contributed by atoms with van der Waals surface area (Å²) in [4.78, 5) is 27.4. The Hall–Kier alpha value is -3.27. The zero-order valence-electron chi connectivity index (χ0n) is 15.3. The lowest BCUT2D eigenvalue weighted by molar-refractivity contribution is 0.0729. The topological polar surface area (TPSA) is 37.4 Å². The molecule has 140 valence electrons. The predicted octanol–water partition coefficient (Wildman–Crippen LogP) is 4.86. The fraction of sp³-hybridized carbons (Fsp3) is 0.167. The van der Waals surface area contributed by atoms with Crippen LogP contribution in [0.1, 0.15) is 44.7 Å². The van der Waals surface area contributed by atoms with Crippen molar-refractivity contribution in [2.45, 2.75) is 25.4 Å². The van der Waals surface area contributed by atoms with Crippen LogP contribution >= 0.6 is 0 Å². The van der Waals surface area contributed by atoms with Crippen LogP contribution in [0.25, 0.3) is 0 Å². The molecule has 4 heteroatoms. The molecule has 3 aromatic rings. The van der Waals surface area contributed by atoms with Crippen LogP contribution in [0.4, 0.5) is 4.39 Å². The minimum Gasteiger partial charge on any atom is -0.331 e. The Balaban J connectivity index is 1.51. The van der Waals surface area contributed by atoms with Gasteiger partial charge in [0.05, 0.1) is 0 Å². The lowest BCUT2D eigenvalue weighted by Gasteiger charge is -2.23. The molecule has 1 aliphatic rings. The highest BCUT2D eigenvalue weighted by atomic mass is 19.1. The fourth-order valence-electron chi connectivity index (χ4n) is 3.23. The second-order valence-electron chi connectivity index (χ2n) is 7.06. The predicted molar refractivity (Wildman–Crippen MR) is 106 cm³/mol. The fourth-order valence-corrected chi connectivity index (χ4v) is 3.23. The molecule has 0 saturated heterocycles. The lowest BCUT2D eigenvalue weighted by atomic mass is 10.0. The van der Waals surface area contributed by atoms with Gasteiger partial charge in [-0.15, -0.1) is 0 Å². The van der Waals surface area contributed by atoms with Crippen LogP contribution in [0, 0.1) is 5.82 Å². The molecule has 0 atom stereocenters. The highest BCUT2D eigenvalue weighted by Crippen LogP contribution is 2.30. The average molecular weight is 373 g/mol. The van der Waals surface area contributed by atoms with E-state index in [1.807, 2.05) is 23.1 Å². The first-order valence-electron chi connectivity index (χ1n) is 9.37. The Morgan fingerprint density at radius 2 is 1.36 bits per heavy atom. The van der Waals surface area contributed by atoms with Crippen molar-refractivity contribution in [3.05, 3.63) is 107 Å². The van der Waals surface area contributed by atoms with Gasteiger partial charge in [0.2, 0.25) is 0 Å². The van der Waals surface area contributed by atoms with Gasteiger partial charge < -0.3 is 4.90 Å². The number of rotatable bonds is 6. The van der Waals surface area contributed by atoms with Crippen molar-refractivity contribution in [2.24, 2.45) is 0 Å². The van der Waals surface area contributed by atoms with Crippen molar-refractivity contribution in [3.63, 3.8) is 0 Å². The van der Waals surface area contributed by atoms with Crippen molar-refractivity contribution in [2.75, 3.05) is 0 Å². The number of halogens is 1. The molecule has 0 heterocycles. The summed E-state index contributed by atoms with van der Waals surface area (Å²) in [5.41, 5.74) is 2.63. The van der Waals surface area contributed by atoms with Gasteiger partial charge in [0, 0.05) is 29.3 Å². The molecule has 1 fully saturated rings. The molecule has 28 heavy (non-hydrogen) atoms. The van der Waals surface area contributed by atoms with Gasteiger partial charge in [0.1, 0.15) is 5.82 Å². The Bertz CT molecular complexity index is 977. The second-order valence-corrected chi connectivity index (χ2v) is 7.06. The number of carbonyl (C=O) groups excluding carboxylic acids is 2. The second kappa shape index (κ2) is 7.77. The monoisotopic (exact) mass is 373 g/mol. The van der Waals surface area contributed by atoms with Gasteiger partial charge in [-0.1, -0.05) is 54.6 Å². The maximum absolute atomic E-state index is 13.1. The minimum atomic E-state index is -0.285. The number of amides is 1. The summed E-state index contributed by atoms with van der Waals surface area (Å²) < 4.78 is 13.1. The quantitative estimate of drug-likeness (QED) is 0.579. The zero-order valence-corrected chi connectivity index (χ0v) is 15.3. The Morgan fingerprint density at radius 1 is 0.786 bits per heavy atom. The third-order valence-corrected chi connectivity index (χ3v) is 4.94. The number of carbonyl (C=O) groups is 2. The number of nitrogens with zero attached hydrogens (tertiary/aromatic N) is 1. The van der Waals surface area contributed by atoms with Crippen LogP contribution in [-0.4, -0.2) is 22.6 Å². The molecule has 0 aliphatic heterocycles. The van der Waals surface area contributed by atoms with E-state index in [1.54, 1.807) is 48.5 Å². The molecule has 0 unspecified atom stereocenters. The van der Waals surface area contributed by atoms with Crippen molar-refractivity contribution in [1.29, 1.82) is 0 Å². The van der Waals surface area contributed by atoms with E-state index < -0.39 is 0 Å². The number of hydrogen-bond donors (Lipinski definition) is 0. The molecule has 0 aromatic heterocycles. The minimum absolute atomic E-state index is 0.0643. The number of ketones is 1. The molecule has 0 bridgehead atoms. The van der Waals surface area contributed by atoms with Crippen LogP contribution in [0.3, 0.4) is 0 Å². The van der Waals surface area contributed by atoms with Crippen molar-refractivity contribution >= 4 is 11.7 Å². The molecule has 3 aromatic carbocycles. The van der Waals surface area contributed by atoms with E-state index in [4.69, 9.17) is 0 Å². The third kappa shape index (κ3) is 4.01. The van der Waals surface area contributed by atoms with Crippen LogP contribution in [-0.2, 0) is 6.54 Å². The van der Waals surface area contributed by atoms with E-state index in [-0.39, 0.29) is 23.5 Å². The first-order chi connectivity index (χ1) is 13.6. The molecule has 0 radical (unpaired) electrons. The summed E-state index contributed by atoms with van der Waals surface area (Å²) in [6.07, 6.45) is 1.97. The Kier molecular flexibility index (Phi) is 5.02. The molecular weight excluding hydrogens is 353 g/mol. The Labute approximate surface area is 163 Å². The van der Waals surface area contributed by atoms with Gasteiger partial charge in [-0.2, -0.15) is 0 Å². The van der Waals surface area contributed by atoms with Crippen LogP contribution < -0.4 is 0 Å². The molecule has 3 nitrogen and oxygen atoms in total. The van der Waals surface area contributed by atoms with E-state index in [2.05, 4.69) is 0 Å². The van der Waals surface area contributed by atoms with E-state index >= 15 is 0 Å². The lowest BCUT2D eigenvalue weighted by Crippen LogP contribution is -2.32. The van der Waals surface area contributed by atoms with Gasteiger partial charge in [0.15, 0.2) is 5.78 Å². The largest absolute Gasteiger partial charge is 0.331 e. The smallest absolute Gasteiger partial charge is 0.254 e. The maximum Gasteiger partial charge on any atom is 0.254 e. The van der Waals surface area contributed by atoms with Gasteiger partial charge in [-0.05, 0) is 42.7 Å². The van der Waals surface area contributed by atoms with Gasteiger partial charge in [-0.3, -0.25) is 9.59 Å². The van der Waals surface area contributed by atoms with Crippen LogP contribution in [0.5, 0.6) is 0 Å². The zero-order chi connectivity index (χ0) is 19.5. The van der Waals surface area contributed by atoms with E-state index in [9.17, 15) is 14.0 Å². The summed E-state index contributed by atoms with van der Waals surface area (Å²) in [5, 5.41) is 0. The van der Waals surface area contributed by atoms with Gasteiger partial charge >= 0.3 is 0 Å². The SMILES string of the molecule is O=C(c1ccccc1)c1ccc(C(=O)N(Cc2ccc(F)cc2)C2CC2)cc1. The summed E-state index contributed by atoms with van der Waals surface area (Å²) >= 11 is 0. The molecule has 0 spiro atoms. The van der Waals surface area contributed by atoms with Crippen LogP contribution in [0.15, 0.2) is 78.9 Å². The average Bonchev–Trinajstić information content (AvgIpc) is 3.58.